The van der Waals surface area contributed by atoms with Gasteiger partial charge in [0.05, 0.1) is 20.3 Å². The molecule has 4 heteroatoms. The lowest BCUT2D eigenvalue weighted by molar-refractivity contribution is 0.0341. The number of morpholine rings is 1. The lowest BCUT2D eigenvalue weighted by Crippen LogP contribution is -2.35. The minimum atomic E-state index is 0.479. The second-order valence-electron chi connectivity index (χ2n) is 5.57. The number of ether oxygens (including phenoxy) is 2. The van der Waals surface area contributed by atoms with Crippen molar-refractivity contribution in [2.45, 2.75) is 33.0 Å². The summed E-state index contributed by atoms with van der Waals surface area (Å²) in [6, 6.07) is 7.01. The van der Waals surface area contributed by atoms with Crippen molar-refractivity contribution in [3.8, 4) is 5.75 Å². The van der Waals surface area contributed by atoms with E-state index < -0.39 is 0 Å². The number of benzene rings is 1. The predicted molar refractivity (Wildman–Crippen MR) is 81.1 cm³/mol. The maximum atomic E-state index is 5.52. The van der Waals surface area contributed by atoms with Gasteiger partial charge in [0, 0.05) is 37.8 Å². The lowest BCUT2D eigenvalue weighted by atomic mass is 10.1. The molecule has 1 aromatic rings. The molecule has 112 valence electrons. The number of nitrogens with one attached hydrogen (secondary N) is 1. The molecule has 0 bridgehead atoms. The van der Waals surface area contributed by atoms with Crippen molar-refractivity contribution in [2.24, 2.45) is 0 Å². The van der Waals surface area contributed by atoms with Gasteiger partial charge in [-0.2, -0.15) is 0 Å². The fourth-order valence-corrected chi connectivity index (χ4v) is 2.36. The fourth-order valence-electron chi connectivity index (χ4n) is 2.36. The number of rotatable bonds is 6. The van der Waals surface area contributed by atoms with E-state index in [2.05, 4.69) is 42.3 Å². The zero-order valence-corrected chi connectivity index (χ0v) is 12.8. The molecule has 0 radical (unpaired) electrons. The van der Waals surface area contributed by atoms with Crippen LogP contribution in [-0.2, 0) is 17.8 Å². The van der Waals surface area contributed by atoms with Crippen LogP contribution < -0.4 is 10.1 Å². The molecular formula is C16H26N2O2. The summed E-state index contributed by atoms with van der Waals surface area (Å²) in [5.74, 6) is 0.976. The van der Waals surface area contributed by atoms with Gasteiger partial charge in [0.25, 0.3) is 0 Å². The van der Waals surface area contributed by atoms with Gasteiger partial charge in [0.2, 0.25) is 0 Å². The van der Waals surface area contributed by atoms with E-state index in [1.807, 2.05) is 0 Å². The van der Waals surface area contributed by atoms with Crippen LogP contribution in [0.25, 0.3) is 0 Å². The van der Waals surface area contributed by atoms with Gasteiger partial charge < -0.3 is 14.8 Å². The minimum absolute atomic E-state index is 0.479. The monoisotopic (exact) mass is 278 g/mol. The third-order valence-corrected chi connectivity index (χ3v) is 3.56. The first-order valence-corrected chi connectivity index (χ1v) is 7.38. The van der Waals surface area contributed by atoms with E-state index in [4.69, 9.17) is 9.47 Å². The number of hydrogen-bond donors (Lipinski definition) is 1. The first-order chi connectivity index (χ1) is 9.69. The quantitative estimate of drug-likeness (QED) is 0.863. The van der Waals surface area contributed by atoms with Gasteiger partial charge in [-0.15, -0.1) is 0 Å². The molecule has 0 aliphatic carbocycles. The smallest absolute Gasteiger partial charge is 0.123 e. The zero-order chi connectivity index (χ0) is 14.4. The third kappa shape index (κ3) is 4.47. The van der Waals surface area contributed by atoms with Gasteiger partial charge in [0.1, 0.15) is 5.75 Å². The molecule has 0 saturated carbocycles. The Labute approximate surface area is 122 Å². The van der Waals surface area contributed by atoms with Gasteiger partial charge in [-0.05, 0) is 11.6 Å². The van der Waals surface area contributed by atoms with Crippen LogP contribution in [0.15, 0.2) is 18.2 Å². The fraction of sp³-hybridized carbons (Fsp3) is 0.625. The first kappa shape index (κ1) is 15.3. The highest BCUT2D eigenvalue weighted by Crippen LogP contribution is 2.21. The highest BCUT2D eigenvalue weighted by Gasteiger charge is 2.12. The van der Waals surface area contributed by atoms with E-state index in [0.29, 0.717) is 6.04 Å². The molecule has 0 aromatic heterocycles. The topological polar surface area (TPSA) is 33.7 Å². The summed E-state index contributed by atoms with van der Waals surface area (Å²) in [6.45, 7) is 9.83. The number of methoxy groups -OCH3 is 1. The highest BCUT2D eigenvalue weighted by atomic mass is 16.5. The van der Waals surface area contributed by atoms with E-state index in [9.17, 15) is 0 Å². The standard InChI is InChI=1S/C16H26N2O2/c1-13(2)17-11-15-5-4-14(10-16(15)19-3)12-18-6-8-20-9-7-18/h4-5,10,13,17H,6-9,11-12H2,1-3H3. The van der Waals surface area contributed by atoms with Crippen molar-refractivity contribution in [1.29, 1.82) is 0 Å². The molecule has 1 N–H and O–H groups in total. The summed E-state index contributed by atoms with van der Waals surface area (Å²) in [7, 11) is 1.74. The predicted octanol–water partition coefficient (Wildman–Crippen LogP) is 2.03. The summed E-state index contributed by atoms with van der Waals surface area (Å²) in [4.78, 5) is 2.42. The van der Waals surface area contributed by atoms with Crippen LogP contribution in [0.3, 0.4) is 0 Å². The second-order valence-corrected chi connectivity index (χ2v) is 5.57. The maximum absolute atomic E-state index is 5.52. The molecule has 0 unspecified atom stereocenters. The van der Waals surface area contributed by atoms with Crippen molar-refractivity contribution in [1.82, 2.24) is 10.2 Å². The van der Waals surface area contributed by atoms with E-state index in [-0.39, 0.29) is 0 Å². The van der Waals surface area contributed by atoms with Gasteiger partial charge in [0.15, 0.2) is 0 Å². The lowest BCUT2D eigenvalue weighted by Gasteiger charge is -2.26. The molecule has 1 aliphatic rings. The normalized spacial score (nSPS) is 16.6. The highest BCUT2D eigenvalue weighted by molar-refractivity contribution is 5.37. The largest absolute Gasteiger partial charge is 0.496 e. The molecule has 0 amide bonds. The Morgan fingerprint density at radius 3 is 2.70 bits per heavy atom. The van der Waals surface area contributed by atoms with Gasteiger partial charge in [-0.3, -0.25) is 4.90 Å². The summed E-state index contributed by atoms with van der Waals surface area (Å²) >= 11 is 0. The van der Waals surface area contributed by atoms with E-state index in [1.54, 1.807) is 7.11 Å². The summed E-state index contributed by atoms with van der Waals surface area (Å²) in [5, 5.41) is 3.43. The van der Waals surface area contributed by atoms with Crippen molar-refractivity contribution in [3.05, 3.63) is 29.3 Å². The van der Waals surface area contributed by atoms with Crippen molar-refractivity contribution in [3.63, 3.8) is 0 Å². The van der Waals surface area contributed by atoms with Crippen LogP contribution in [0.2, 0.25) is 0 Å². The molecule has 4 nitrogen and oxygen atoms in total. The molecule has 0 atom stereocenters. The maximum Gasteiger partial charge on any atom is 0.123 e. The van der Waals surface area contributed by atoms with Crippen molar-refractivity contribution in [2.75, 3.05) is 33.4 Å². The Bertz CT molecular complexity index is 415. The Hall–Kier alpha value is -1.10. The minimum Gasteiger partial charge on any atom is -0.496 e. The van der Waals surface area contributed by atoms with Crippen molar-refractivity contribution >= 4 is 0 Å². The number of nitrogens with zero attached hydrogens (tertiary/aromatic N) is 1. The van der Waals surface area contributed by atoms with E-state index in [1.165, 1.54) is 11.1 Å². The molecule has 1 saturated heterocycles. The summed E-state index contributed by atoms with van der Waals surface area (Å²) in [6.07, 6.45) is 0. The molecule has 1 heterocycles. The second kappa shape index (κ2) is 7.62. The van der Waals surface area contributed by atoms with E-state index >= 15 is 0 Å². The molecule has 1 fully saturated rings. The van der Waals surface area contributed by atoms with Crippen LogP contribution in [0.4, 0.5) is 0 Å². The average molecular weight is 278 g/mol. The molecule has 1 aromatic carbocycles. The Balaban J connectivity index is 2.00. The molecule has 2 rings (SSSR count). The average Bonchev–Trinajstić information content (AvgIpc) is 2.46. The van der Waals surface area contributed by atoms with E-state index in [0.717, 1.165) is 45.1 Å². The zero-order valence-electron chi connectivity index (χ0n) is 12.8. The van der Waals surface area contributed by atoms with Gasteiger partial charge in [-0.1, -0.05) is 26.0 Å². The first-order valence-electron chi connectivity index (χ1n) is 7.38. The van der Waals surface area contributed by atoms with Crippen LogP contribution in [-0.4, -0.2) is 44.4 Å². The molecule has 0 spiro atoms. The molecular weight excluding hydrogens is 252 g/mol. The van der Waals surface area contributed by atoms with Gasteiger partial charge >= 0.3 is 0 Å². The molecule has 1 aliphatic heterocycles. The summed E-state index contributed by atoms with van der Waals surface area (Å²) < 4.78 is 10.9. The summed E-state index contributed by atoms with van der Waals surface area (Å²) in [5.41, 5.74) is 2.52. The van der Waals surface area contributed by atoms with Gasteiger partial charge in [-0.25, -0.2) is 0 Å². The Morgan fingerprint density at radius 2 is 2.05 bits per heavy atom. The van der Waals surface area contributed by atoms with Crippen LogP contribution in [0.1, 0.15) is 25.0 Å². The SMILES string of the molecule is COc1cc(CN2CCOCC2)ccc1CNC(C)C. The van der Waals surface area contributed by atoms with Crippen LogP contribution >= 0.6 is 0 Å². The van der Waals surface area contributed by atoms with Crippen molar-refractivity contribution < 1.29 is 9.47 Å². The molecule has 20 heavy (non-hydrogen) atoms. The van der Waals surface area contributed by atoms with Crippen LogP contribution in [0.5, 0.6) is 5.75 Å². The van der Waals surface area contributed by atoms with Crippen LogP contribution in [0, 0.1) is 0 Å². The third-order valence-electron chi connectivity index (χ3n) is 3.56. The Morgan fingerprint density at radius 1 is 1.30 bits per heavy atom. The Kier molecular flexibility index (Phi) is 5.83. The number of hydrogen-bond acceptors (Lipinski definition) is 4.